The number of aromatic nitrogens is 2. The van der Waals surface area contributed by atoms with E-state index < -0.39 is 0 Å². The molecule has 2 heterocycles. The zero-order valence-corrected chi connectivity index (χ0v) is 12.4. The van der Waals surface area contributed by atoms with Crippen LogP contribution in [0.4, 0.5) is 0 Å². The zero-order chi connectivity index (χ0) is 14.6. The molecule has 0 fully saturated rings. The molecule has 2 aromatic heterocycles. The standard InChI is InChI=1S/C15H23N3O2/c1-12-4-5-14-17-13(10-18(14)9-12)8-16-15(2,6-7-19)11-20-3/h4-5,9-10,16,19H,6-8,11H2,1-3H3. The maximum atomic E-state index is 9.16. The predicted octanol–water partition coefficient (Wildman–Crippen LogP) is 1.52. The molecule has 0 aliphatic carbocycles. The van der Waals surface area contributed by atoms with Gasteiger partial charge in [-0.3, -0.25) is 0 Å². The minimum absolute atomic E-state index is 0.136. The van der Waals surface area contributed by atoms with E-state index in [4.69, 9.17) is 9.84 Å². The number of nitrogens with one attached hydrogen (secondary N) is 1. The predicted molar refractivity (Wildman–Crippen MR) is 78.8 cm³/mol. The summed E-state index contributed by atoms with van der Waals surface area (Å²) in [5.41, 5.74) is 2.90. The molecule has 1 unspecified atom stereocenters. The van der Waals surface area contributed by atoms with E-state index in [9.17, 15) is 0 Å². The first-order valence-corrected chi connectivity index (χ1v) is 6.85. The lowest BCUT2D eigenvalue weighted by molar-refractivity contribution is 0.0967. The summed E-state index contributed by atoms with van der Waals surface area (Å²) in [6, 6.07) is 4.07. The Morgan fingerprint density at radius 1 is 1.40 bits per heavy atom. The molecule has 5 heteroatoms. The quantitative estimate of drug-likeness (QED) is 0.805. The second-order valence-corrected chi connectivity index (χ2v) is 5.52. The van der Waals surface area contributed by atoms with Gasteiger partial charge >= 0.3 is 0 Å². The van der Waals surface area contributed by atoms with Crippen LogP contribution in [0.2, 0.25) is 0 Å². The summed E-state index contributed by atoms with van der Waals surface area (Å²) in [4.78, 5) is 4.57. The molecule has 1 atom stereocenters. The van der Waals surface area contributed by atoms with Crippen LogP contribution < -0.4 is 5.32 Å². The van der Waals surface area contributed by atoms with Crippen LogP contribution >= 0.6 is 0 Å². The van der Waals surface area contributed by atoms with Gasteiger partial charge in [0.25, 0.3) is 0 Å². The van der Waals surface area contributed by atoms with Gasteiger partial charge in [-0.25, -0.2) is 4.98 Å². The van der Waals surface area contributed by atoms with Crippen molar-refractivity contribution in [2.24, 2.45) is 0 Å². The minimum atomic E-state index is -0.241. The van der Waals surface area contributed by atoms with Gasteiger partial charge in [-0.05, 0) is 31.9 Å². The summed E-state index contributed by atoms with van der Waals surface area (Å²) < 4.78 is 7.26. The summed E-state index contributed by atoms with van der Waals surface area (Å²) in [5.74, 6) is 0. The summed E-state index contributed by atoms with van der Waals surface area (Å²) in [7, 11) is 1.67. The van der Waals surface area contributed by atoms with Crippen molar-refractivity contribution in [3.8, 4) is 0 Å². The van der Waals surface area contributed by atoms with E-state index in [0.29, 0.717) is 19.6 Å². The third-order valence-electron chi connectivity index (χ3n) is 3.47. The van der Waals surface area contributed by atoms with Gasteiger partial charge in [-0.2, -0.15) is 0 Å². The van der Waals surface area contributed by atoms with Crippen molar-refractivity contribution in [3.05, 3.63) is 35.8 Å². The first-order valence-electron chi connectivity index (χ1n) is 6.85. The second kappa shape index (κ2) is 6.35. The van der Waals surface area contributed by atoms with Crippen LogP contribution in [0.25, 0.3) is 5.65 Å². The number of hydrogen-bond donors (Lipinski definition) is 2. The van der Waals surface area contributed by atoms with E-state index >= 15 is 0 Å². The highest BCUT2D eigenvalue weighted by atomic mass is 16.5. The molecule has 2 N–H and O–H groups in total. The molecule has 0 aromatic carbocycles. The van der Waals surface area contributed by atoms with Crippen molar-refractivity contribution >= 4 is 5.65 Å². The second-order valence-electron chi connectivity index (χ2n) is 5.52. The van der Waals surface area contributed by atoms with E-state index in [1.807, 2.05) is 23.6 Å². The van der Waals surface area contributed by atoms with Crippen molar-refractivity contribution in [1.29, 1.82) is 0 Å². The highest BCUT2D eigenvalue weighted by Crippen LogP contribution is 2.12. The van der Waals surface area contributed by atoms with Gasteiger partial charge < -0.3 is 19.6 Å². The van der Waals surface area contributed by atoms with Crippen molar-refractivity contribution in [2.75, 3.05) is 20.3 Å². The Morgan fingerprint density at radius 3 is 2.90 bits per heavy atom. The van der Waals surface area contributed by atoms with Crippen LogP contribution in [-0.2, 0) is 11.3 Å². The van der Waals surface area contributed by atoms with Crippen molar-refractivity contribution < 1.29 is 9.84 Å². The molecule has 0 radical (unpaired) electrons. The zero-order valence-electron chi connectivity index (χ0n) is 12.4. The molecular weight excluding hydrogens is 254 g/mol. The SMILES string of the molecule is COCC(C)(CCO)NCc1cn2cc(C)ccc2n1. The molecule has 2 rings (SSSR count). The molecule has 0 aliphatic rings. The molecule has 0 saturated carbocycles. The molecule has 2 aromatic rings. The minimum Gasteiger partial charge on any atom is -0.396 e. The van der Waals surface area contributed by atoms with Gasteiger partial charge in [0.15, 0.2) is 0 Å². The number of ether oxygens (including phenoxy) is 1. The topological polar surface area (TPSA) is 58.8 Å². The fraction of sp³-hybridized carbons (Fsp3) is 0.533. The van der Waals surface area contributed by atoms with Crippen molar-refractivity contribution in [1.82, 2.24) is 14.7 Å². The number of rotatable bonds is 7. The fourth-order valence-corrected chi connectivity index (χ4v) is 2.32. The summed E-state index contributed by atoms with van der Waals surface area (Å²) >= 11 is 0. The lowest BCUT2D eigenvalue weighted by atomic mass is 9.99. The van der Waals surface area contributed by atoms with Crippen molar-refractivity contribution in [3.63, 3.8) is 0 Å². The normalized spacial score (nSPS) is 14.6. The van der Waals surface area contributed by atoms with Crippen LogP contribution in [0.1, 0.15) is 24.6 Å². The molecule has 5 nitrogen and oxygen atoms in total. The maximum Gasteiger partial charge on any atom is 0.137 e. The van der Waals surface area contributed by atoms with Gasteiger partial charge in [0.05, 0.1) is 12.3 Å². The average Bonchev–Trinajstić information content (AvgIpc) is 2.79. The Balaban J connectivity index is 2.07. The van der Waals surface area contributed by atoms with Crippen LogP contribution in [0, 0.1) is 6.92 Å². The Bertz CT molecular complexity index is 559. The molecule has 0 aliphatic heterocycles. The number of hydrogen-bond acceptors (Lipinski definition) is 4. The molecule has 20 heavy (non-hydrogen) atoms. The van der Waals surface area contributed by atoms with E-state index in [2.05, 4.69) is 29.5 Å². The van der Waals surface area contributed by atoms with Gasteiger partial charge in [0, 0.05) is 38.2 Å². The summed E-state index contributed by atoms with van der Waals surface area (Å²) in [6.45, 7) is 5.46. The number of pyridine rings is 1. The van der Waals surface area contributed by atoms with Gasteiger partial charge in [-0.1, -0.05) is 6.07 Å². The maximum absolute atomic E-state index is 9.16. The Morgan fingerprint density at radius 2 is 2.20 bits per heavy atom. The number of fused-ring (bicyclic) bond motifs is 1. The monoisotopic (exact) mass is 277 g/mol. The van der Waals surface area contributed by atoms with E-state index in [1.165, 1.54) is 5.56 Å². The number of imidazole rings is 1. The fourth-order valence-electron chi connectivity index (χ4n) is 2.32. The number of nitrogens with zero attached hydrogens (tertiary/aromatic N) is 2. The summed E-state index contributed by atoms with van der Waals surface area (Å²) in [5, 5.41) is 12.6. The molecule has 0 bridgehead atoms. The lowest BCUT2D eigenvalue weighted by Crippen LogP contribution is -2.46. The number of aliphatic hydroxyl groups is 1. The van der Waals surface area contributed by atoms with E-state index in [1.54, 1.807) is 7.11 Å². The summed E-state index contributed by atoms with van der Waals surface area (Å²) in [6.07, 6.45) is 4.74. The molecule has 0 spiro atoms. The Kier molecular flexibility index (Phi) is 4.75. The highest BCUT2D eigenvalue weighted by Gasteiger charge is 2.23. The van der Waals surface area contributed by atoms with E-state index in [0.717, 1.165) is 11.3 Å². The van der Waals surface area contributed by atoms with Gasteiger partial charge in [0.2, 0.25) is 0 Å². The molecular formula is C15H23N3O2. The molecule has 110 valence electrons. The first-order chi connectivity index (χ1) is 9.56. The number of methoxy groups -OCH3 is 1. The van der Waals surface area contributed by atoms with Crippen LogP contribution in [0.5, 0.6) is 0 Å². The third-order valence-corrected chi connectivity index (χ3v) is 3.47. The molecule has 0 amide bonds. The Hall–Kier alpha value is -1.43. The van der Waals surface area contributed by atoms with Gasteiger partial charge in [0.1, 0.15) is 5.65 Å². The van der Waals surface area contributed by atoms with Crippen LogP contribution in [0.3, 0.4) is 0 Å². The average molecular weight is 277 g/mol. The van der Waals surface area contributed by atoms with Crippen LogP contribution in [-0.4, -0.2) is 40.4 Å². The van der Waals surface area contributed by atoms with Crippen LogP contribution in [0.15, 0.2) is 24.5 Å². The van der Waals surface area contributed by atoms with Gasteiger partial charge in [-0.15, -0.1) is 0 Å². The smallest absolute Gasteiger partial charge is 0.137 e. The number of aliphatic hydroxyl groups excluding tert-OH is 1. The molecule has 0 saturated heterocycles. The largest absolute Gasteiger partial charge is 0.396 e. The Labute approximate surface area is 119 Å². The third kappa shape index (κ3) is 3.56. The highest BCUT2D eigenvalue weighted by molar-refractivity contribution is 5.41. The lowest BCUT2D eigenvalue weighted by Gasteiger charge is -2.29. The van der Waals surface area contributed by atoms with Crippen molar-refractivity contribution in [2.45, 2.75) is 32.4 Å². The number of aryl methyl sites for hydroxylation is 1. The first kappa shape index (κ1) is 15.0. The van der Waals surface area contributed by atoms with E-state index in [-0.39, 0.29) is 12.1 Å².